The molecule has 0 amide bonds. The quantitative estimate of drug-likeness (QED) is 0.533. The highest BCUT2D eigenvalue weighted by molar-refractivity contribution is 6.39. The Bertz CT molecular complexity index is 437. The minimum absolute atomic E-state index is 0.288. The first-order chi connectivity index (χ1) is 6.77. The van der Waals surface area contributed by atoms with Crippen LogP contribution in [0.2, 0.25) is 0 Å². The van der Waals surface area contributed by atoms with Crippen molar-refractivity contribution in [2.75, 3.05) is 6.61 Å². The molecule has 0 spiro atoms. The van der Waals surface area contributed by atoms with Crippen molar-refractivity contribution in [3.63, 3.8) is 0 Å². The minimum atomic E-state index is 0.288. The molecule has 2 aliphatic rings. The highest BCUT2D eigenvalue weighted by Crippen LogP contribution is 2.30. The van der Waals surface area contributed by atoms with Crippen molar-refractivity contribution in [3.05, 3.63) is 22.8 Å². The summed E-state index contributed by atoms with van der Waals surface area (Å²) in [5.74, 6) is 1.26. The lowest BCUT2D eigenvalue weighted by molar-refractivity contribution is 0.0995. The van der Waals surface area contributed by atoms with Crippen LogP contribution < -0.4 is 10.2 Å². The Kier molecular flexibility index (Phi) is 1.52. The maximum Gasteiger partial charge on any atom is 0.163 e. The molecule has 2 nitrogen and oxygen atoms in total. The van der Waals surface area contributed by atoms with Crippen LogP contribution in [0, 0.1) is 0 Å². The Morgan fingerprint density at radius 1 is 1.21 bits per heavy atom. The summed E-state index contributed by atoms with van der Waals surface area (Å²) in [6.45, 7) is 0.771. The molecule has 0 atom stereocenters. The third kappa shape index (κ3) is 0.898. The normalized spacial score (nSPS) is 17.9. The van der Waals surface area contributed by atoms with E-state index >= 15 is 0 Å². The summed E-state index contributed by atoms with van der Waals surface area (Å²) in [6.07, 6.45) is 2.60. The van der Waals surface area contributed by atoms with Gasteiger partial charge in [-0.15, -0.1) is 0 Å². The van der Waals surface area contributed by atoms with E-state index < -0.39 is 0 Å². The third-order valence-corrected chi connectivity index (χ3v) is 3.19. The smallest absolute Gasteiger partial charge is 0.163 e. The number of benzene rings is 1. The molecule has 0 fully saturated rings. The highest BCUT2D eigenvalue weighted by atomic mass is 16.5. The van der Waals surface area contributed by atoms with E-state index in [2.05, 4.69) is 6.07 Å². The summed E-state index contributed by atoms with van der Waals surface area (Å²) in [6, 6.07) is 2.16. The maximum atomic E-state index is 11.6. The number of aryl methyl sites for hydroxylation is 1. The zero-order valence-electron chi connectivity index (χ0n) is 8.22. The van der Waals surface area contributed by atoms with Gasteiger partial charge in [-0.2, -0.15) is 0 Å². The van der Waals surface area contributed by atoms with Crippen LogP contribution >= 0.6 is 0 Å². The van der Waals surface area contributed by atoms with Crippen LogP contribution in [0.25, 0.3) is 0 Å². The minimum Gasteiger partial charge on any atom is -0.494 e. The van der Waals surface area contributed by atoms with Crippen molar-refractivity contribution in [2.24, 2.45) is 0 Å². The van der Waals surface area contributed by atoms with Crippen LogP contribution in [-0.4, -0.2) is 20.2 Å². The molecular weight excluding hydrogens is 175 g/mol. The van der Waals surface area contributed by atoms with Gasteiger partial charge in [-0.25, -0.2) is 0 Å². The van der Waals surface area contributed by atoms with Crippen molar-refractivity contribution in [3.8, 4) is 5.75 Å². The van der Waals surface area contributed by atoms with Gasteiger partial charge in [0.1, 0.15) is 13.6 Å². The highest BCUT2D eigenvalue weighted by Gasteiger charge is 2.27. The number of rotatable bonds is 0. The summed E-state index contributed by atoms with van der Waals surface area (Å²) >= 11 is 0. The predicted octanol–water partition coefficient (Wildman–Crippen LogP) is 0.00880. The summed E-state index contributed by atoms with van der Waals surface area (Å²) in [5, 5.41) is 0. The second-order valence-corrected chi connectivity index (χ2v) is 4.05. The molecule has 1 aliphatic heterocycles. The number of hydrogen-bond donors (Lipinski definition) is 0. The average molecular weight is 186 g/mol. The van der Waals surface area contributed by atoms with Crippen molar-refractivity contribution in [2.45, 2.75) is 19.3 Å². The molecule has 0 saturated carbocycles. The summed E-state index contributed by atoms with van der Waals surface area (Å²) in [4.78, 5) is 11.6. The van der Waals surface area contributed by atoms with E-state index in [0.717, 1.165) is 36.2 Å². The molecule has 0 aromatic heterocycles. The molecule has 3 heteroatoms. The average Bonchev–Trinajstić information content (AvgIpc) is 2.74. The summed E-state index contributed by atoms with van der Waals surface area (Å²) < 4.78 is 5.55. The van der Waals surface area contributed by atoms with Gasteiger partial charge in [0.2, 0.25) is 0 Å². The van der Waals surface area contributed by atoms with Crippen LogP contribution in [0.4, 0.5) is 0 Å². The van der Waals surface area contributed by atoms with Crippen LogP contribution in [0.1, 0.15) is 27.9 Å². The summed E-state index contributed by atoms with van der Waals surface area (Å²) in [7, 11) is 2.01. The van der Waals surface area contributed by atoms with Crippen LogP contribution in [-0.2, 0) is 12.8 Å². The number of ketones is 1. The van der Waals surface area contributed by atoms with Crippen molar-refractivity contribution in [1.82, 2.24) is 0 Å². The van der Waals surface area contributed by atoms with E-state index in [9.17, 15) is 4.79 Å². The molecule has 1 aliphatic carbocycles. The fourth-order valence-corrected chi connectivity index (χ4v) is 2.55. The lowest BCUT2D eigenvalue weighted by atomic mass is 9.85. The second-order valence-electron chi connectivity index (χ2n) is 4.05. The maximum absolute atomic E-state index is 11.6. The van der Waals surface area contributed by atoms with Crippen molar-refractivity contribution >= 4 is 19.1 Å². The molecule has 0 saturated heterocycles. The Balaban J connectivity index is 2.30. The van der Waals surface area contributed by atoms with Gasteiger partial charge in [0, 0.05) is 18.4 Å². The van der Waals surface area contributed by atoms with Crippen molar-refractivity contribution < 1.29 is 9.53 Å². The van der Waals surface area contributed by atoms with Crippen LogP contribution in [0.15, 0.2) is 6.07 Å². The van der Waals surface area contributed by atoms with E-state index in [1.165, 1.54) is 11.1 Å². The topological polar surface area (TPSA) is 26.3 Å². The monoisotopic (exact) mass is 186 g/mol. The molecule has 1 aromatic rings. The molecule has 70 valence electrons. The SMILES string of the molecule is Bc1c2c(cc3c1C(=O)CC3)CCO2. The fraction of sp³-hybridized carbons (Fsp3) is 0.364. The van der Waals surface area contributed by atoms with E-state index in [1.54, 1.807) is 0 Å². The predicted molar refractivity (Wildman–Crippen MR) is 56.5 cm³/mol. The van der Waals surface area contributed by atoms with Gasteiger partial charge in [0.25, 0.3) is 0 Å². The fourth-order valence-electron chi connectivity index (χ4n) is 2.55. The number of Topliss-reactive ketones (excluding diaryl/α,β-unsaturated/α-hetero) is 1. The molecule has 3 rings (SSSR count). The number of fused-ring (bicyclic) bond motifs is 2. The zero-order chi connectivity index (χ0) is 9.71. The van der Waals surface area contributed by atoms with Gasteiger partial charge in [-0.05, 0) is 23.0 Å². The molecular formula is C11H11BO2. The second kappa shape index (κ2) is 2.63. The number of hydrogen-bond acceptors (Lipinski definition) is 2. The van der Waals surface area contributed by atoms with Crippen LogP contribution in [0.5, 0.6) is 5.75 Å². The first-order valence-electron chi connectivity index (χ1n) is 5.08. The Morgan fingerprint density at radius 3 is 2.93 bits per heavy atom. The van der Waals surface area contributed by atoms with Crippen molar-refractivity contribution in [1.29, 1.82) is 0 Å². The van der Waals surface area contributed by atoms with Crippen LogP contribution in [0.3, 0.4) is 0 Å². The van der Waals surface area contributed by atoms with Gasteiger partial charge in [0.15, 0.2) is 5.78 Å². The van der Waals surface area contributed by atoms with Gasteiger partial charge in [-0.3, -0.25) is 4.79 Å². The Morgan fingerprint density at radius 2 is 2.07 bits per heavy atom. The number of ether oxygens (including phenoxy) is 1. The largest absolute Gasteiger partial charge is 0.494 e. The Hall–Kier alpha value is -1.25. The van der Waals surface area contributed by atoms with E-state index in [0.29, 0.717) is 6.42 Å². The third-order valence-electron chi connectivity index (χ3n) is 3.19. The molecule has 14 heavy (non-hydrogen) atoms. The summed E-state index contributed by atoms with van der Waals surface area (Å²) in [5.41, 5.74) is 4.52. The number of carbonyl (C=O) groups excluding carboxylic acids is 1. The first-order valence-corrected chi connectivity index (χ1v) is 5.08. The lowest BCUT2D eigenvalue weighted by Crippen LogP contribution is -2.16. The molecule has 0 N–H and O–H groups in total. The zero-order valence-corrected chi connectivity index (χ0v) is 8.22. The van der Waals surface area contributed by atoms with Gasteiger partial charge >= 0.3 is 0 Å². The first kappa shape index (κ1) is 8.10. The standard InChI is InChI=1S/C11H11BO2/c12-10-9-6(1-2-8(9)13)5-7-3-4-14-11(7)10/h5H,1-4,12H2. The van der Waals surface area contributed by atoms with Gasteiger partial charge in [-0.1, -0.05) is 6.07 Å². The molecule has 0 unspecified atom stereocenters. The van der Waals surface area contributed by atoms with E-state index in [4.69, 9.17) is 4.74 Å². The molecule has 1 heterocycles. The van der Waals surface area contributed by atoms with E-state index in [1.807, 2.05) is 7.85 Å². The van der Waals surface area contributed by atoms with E-state index in [-0.39, 0.29) is 5.78 Å². The molecule has 0 bridgehead atoms. The Labute approximate surface area is 83.7 Å². The molecule has 1 aromatic carbocycles. The lowest BCUT2D eigenvalue weighted by Gasteiger charge is -2.08. The molecule has 0 radical (unpaired) electrons. The van der Waals surface area contributed by atoms with Gasteiger partial charge in [0.05, 0.1) is 6.61 Å². The number of carbonyl (C=O) groups is 1. The van der Waals surface area contributed by atoms with Gasteiger partial charge < -0.3 is 4.74 Å².